The van der Waals surface area contributed by atoms with E-state index in [2.05, 4.69) is 33.1 Å². The van der Waals surface area contributed by atoms with Gasteiger partial charge in [-0.1, -0.05) is 52.4 Å². The van der Waals surface area contributed by atoms with E-state index in [9.17, 15) is 0 Å². The summed E-state index contributed by atoms with van der Waals surface area (Å²) in [6.45, 7) is 2.22. The van der Waals surface area contributed by atoms with Crippen LogP contribution in [0, 0.1) is 5.92 Å². The molecule has 1 aromatic rings. The smallest absolute Gasteiger partial charge is 0.208 e. The van der Waals surface area contributed by atoms with Crippen LogP contribution in [0.2, 0.25) is 0 Å². The molecule has 1 heterocycles. The van der Waals surface area contributed by atoms with Crippen molar-refractivity contribution in [2.24, 2.45) is 5.92 Å². The molecule has 6 heteroatoms. The lowest BCUT2D eigenvalue weighted by atomic mass is 10.2. The quantitative estimate of drug-likeness (QED) is 0.596. The fourth-order valence-corrected chi connectivity index (χ4v) is 3.89. The first-order chi connectivity index (χ1) is 7.17. The summed E-state index contributed by atoms with van der Waals surface area (Å²) in [4.78, 5) is 1.99. The molecular formula is C9H16BrN3S2. The van der Waals surface area contributed by atoms with Gasteiger partial charge >= 0.3 is 0 Å². The van der Waals surface area contributed by atoms with Crippen molar-refractivity contribution in [3.8, 4) is 0 Å². The standard InChI is InChI=1S/C9H16BrN3S2/c1-4-7(5-10)6-14-9-12-11-8(15-9)13(2)3/h7H,4-6H2,1-3H3. The van der Waals surface area contributed by atoms with Gasteiger partial charge in [0.15, 0.2) is 4.34 Å². The van der Waals surface area contributed by atoms with Crippen LogP contribution in [0.1, 0.15) is 13.3 Å². The summed E-state index contributed by atoms with van der Waals surface area (Å²) in [6.07, 6.45) is 1.21. The molecule has 3 nitrogen and oxygen atoms in total. The van der Waals surface area contributed by atoms with E-state index in [4.69, 9.17) is 0 Å². The molecule has 0 spiro atoms. The summed E-state index contributed by atoms with van der Waals surface area (Å²) in [6, 6.07) is 0. The Morgan fingerprint density at radius 2 is 2.20 bits per heavy atom. The molecule has 1 atom stereocenters. The topological polar surface area (TPSA) is 29.0 Å². The van der Waals surface area contributed by atoms with E-state index in [0.717, 1.165) is 26.5 Å². The fraction of sp³-hybridized carbons (Fsp3) is 0.778. The van der Waals surface area contributed by atoms with E-state index in [-0.39, 0.29) is 0 Å². The van der Waals surface area contributed by atoms with Gasteiger partial charge in [0.05, 0.1) is 0 Å². The Bertz CT molecular complexity index is 287. The van der Waals surface area contributed by atoms with Crippen LogP contribution in [0.15, 0.2) is 4.34 Å². The first-order valence-corrected chi connectivity index (χ1v) is 7.79. The Hall–Kier alpha value is 0.190. The van der Waals surface area contributed by atoms with Gasteiger partial charge in [0.25, 0.3) is 0 Å². The third-order valence-corrected chi connectivity index (χ3v) is 5.39. The molecule has 1 unspecified atom stereocenters. The average molecular weight is 310 g/mol. The number of nitrogens with zero attached hydrogens (tertiary/aromatic N) is 3. The molecule has 1 rings (SSSR count). The molecule has 0 saturated heterocycles. The second-order valence-corrected chi connectivity index (χ2v) is 6.36. The van der Waals surface area contributed by atoms with Gasteiger partial charge in [-0.2, -0.15) is 0 Å². The van der Waals surface area contributed by atoms with Gasteiger partial charge in [0, 0.05) is 25.2 Å². The number of aromatic nitrogens is 2. The summed E-state index contributed by atoms with van der Waals surface area (Å²) in [5, 5.41) is 10.3. The van der Waals surface area contributed by atoms with Crippen LogP contribution in [0.25, 0.3) is 0 Å². The summed E-state index contributed by atoms with van der Waals surface area (Å²) >= 11 is 6.98. The molecule has 0 bridgehead atoms. The second kappa shape index (κ2) is 6.70. The number of rotatable bonds is 6. The van der Waals surface area contributed by atoms with Crippen molar-refractivity contribution in [1.82, 2.24) is 10.2 Å². The fourth-order valence-electron chi connectivity index (χ4n) is 0.902. The van der Waals surface area contributed by atoms with Crippen molar-refractivity contribution in [3.63, 3.8) is 0 Å². The van der Waals surface area contributed by atoms with Crippen LogP contribution in [-0.4, -0.2) is 35.4 Å². The maximum Gasteiger partial charge on any atom is 0.208 e. The molecule has 0 saturated carbocycles. The molecule has 0 aromatic carbocycles. The zero-order valence-corrected chi connectivity index (χ0v) is 12.5. The van der Waals surface area contributed by atoms with Crippen molar-refractivity contribution in [2.45, 2.75) is 17.7 Å². The van der Waals surface area contributed by atoms with E-state index in [1.54, 1.807) is 23.1 Å². The van der Waals surface area contributed by atoms with Gasteiger partial charge in [0.2, 0.25) is 5.13 Å². The largest absolute Gasteiger partial charge is 0.353 e. The molecular weight excluding hydrogens is 294 g/mol. The highest BCUT2D eigenvalue weighted by Crippen LogP contribution is 2.29. The molecule has 0 aliphatic rings. The number of thioether (sulfide) groups is 1. The van der Waals surface area contributed by atoms with Gasteiger partial charge in [0.1, 0.15) is 0 Å². The Labute approximate surface area is 108 Å². The number of hydrogen-bond donors (Lipinski definition) is 0. The highest BCUT2D eigenvalue weighted by atomic mass is 79.9. The maximum atomic E-state index is 4.15. The Morgan fingerprint density at radius 3 is 2.67 bits per heavy atom. The van der Waals surface area contributed by atoms with E-state index in [1.807, 2.05) is 19.0 Å². The van der Waals surface area contributed by atoms with Gasteiger partial charge in [-0.05, 0) is 5.92 Å². The SMILES string of the molecule is CCC(CBr)CSc1nnc(N(C)C)s1. The normalized spacial score (nSPS) is 12.8. The van der Waals surface area contributed by atoms with Crippen LogP contribution in [0.5, 0.6) is 0 Å². The van der Waals surface area contributed by atoms with E-state index >= 15 is 0 Å². The van der Waals surface area contributed by atoms with Crippen LogP contribution >= 0.6 is 39.0 Å². The zero-order chi connectivity index (χ0) is 11.3. The number of anilines is 1. The molecule has 0 radical (unpaired) electrons. The summed E-state index contributed by atoms with van der Waals surface area (Å²) in [5.41, 5.74) is 0. The Balaban J connectivity index is 2.43. The van der Waals surface area contributed by atoms with E-state index in [0.29, 0.717) is 0 Å². The van der Waals surface area contributed by atoms with Crippen LogP contribution in [0.4, 0.5) is 5.13 Å². The molecule has 0 amide bonds. The molecule has 1 aromatic heterocycles. The molecule has 86 valence electrons. The highest BCUT2D eigenvalue weighted by Gasteiger charge is 2.09. The Morgan fingerprint density at radius 1 is 1.47 bits per heavy atom. The van der Waals surface area contributed by atoms with Crippen molar-refractivity contribution in [1.29, 1.82) is 0 Å². The lowest BCUT2D eigenvalue weighted by Crippen LogP contribution is -2.07. The zero-order valence-electron chi connectivity index (χ0n) is 9.23. The van der Waals surface area contributed by atoms with Crippen molar-refractivity contribution < 1.29 is 0 Å². The first kappa shape index (κ1) is 13.3. The van der Waals surface area contributed by atoms with E-state index < -0.39 is 0 Å². The van der Waals surface area contributed by atoms with Gasteiger partial charge < -0.3 is 4.90 Å². The summed E-state index contributed by atoms with van der Waals surface area (Å²) < 4.78 is 1.07. The minimum absolute atomic E-state index is 0.724. The third kappa shape index (κ3) is 4.28. The lowest BCUT2D eigenvalue weighted by Gasteiger charge is -2.08. The highest BCUT2D eigenvalue weighted by molar-refractivity contribution is 9.09. The molecule has 0 fully saturated rings. The van der Waals surface area contributed by atoms with E-state index in [1.165, 1.54) is 6.42 Å². The van der Waals surface area contributed by atoms with Crippen molar-refractivity contribution in [3.05, 3.63) is 0 Å². The molecule has 0 aliphatic carbocycles. The summed E-state index contributed by atoms with van der Waals surface area (Å²) in [7, 11) is 3.98. The maximum absolute atomic E-state index is 4.15. The predicted molar refractivity (Wildman–Crippen MR) is 72.5 cm³/mol. The van der Waals surface area contributed by atoms with Crippen LogP contribution in [-0.2, 0) is 0 Å². The molecule has 15 heavy (non-hydrogen) atoms. The minimum atomic E-state index is 0.724. The average Bonchev–Trinajstić information content (AvgIpc) is 2.68. The number of halogens is 1. The number of alkyl halides is 1. The van der Waals surface area contributed by atoms with Gasteiger partial charge in [-0.25, -0.2) is 0 Å². The molecule has 0 N–H and O–H groups in total. The van der Waals surface area contributed by atoms with Gasteiger partial charge in [-0.15, -0.1) is 10.2 Å². The van der Waals surface area contributed by atoms with Crippen LogP contribution < -0.4 is 4.90 Å². The third-order valence-electron chi connectivity index (χ3n) is 2.02. The Kier molecular flexibility index (Phi) is 5.92. The lowest BCUT2D eigenvalue weighted by molar-refractivity contribution is 0.652. The van der Waals surface area contributed by atoms with Gasteiger partial charge in [-0.3, -0.25) is 0 Å². The van der Waals surface area contributed by atoms with Crippen molar-refractivity contribution >= 4 is 44.2 Å². The van der Waals surface area contributed by atoms with Crippen LogP contribution in [0.3, 0.4) is 0 Å². The monoisotopic (exact) mass is 309 g/mol. The minimum Gasteiger partial charge on any atom is -0.353 e. The number of hydrogen-bond acceptors (Lipinski definition) is 5. The molecule has 0 aliphatic heterocycles. The second-order valence-electron chi connectivity index (χ2n) is 3.48. The predicted octanol–water partition coefficient (Wildman–Crippen LogP) is 3.12. The summed E-state index contributed by atoms with van der Waals surface area (Å²) in [5.74, 6) is 1.84. The van der Waals surface area contributed by atoms with Crippen molar-refractivity contribution in [2.75, 3.05) is 30.1 Å². The first-order valence-electron chi connectivity index (χ1n) is 4.87.